The summed E-state index contributed by atoms with van der Waals surface area (Å²) >= 11 is 0. The van der Waals surface area contributed by atoms with Crippen LogP contribution in [0.2, 0.25) is 0 Å². The van der Waals surface area contributed by atoms with E-state index in [9.17, 15) is 4.79 Å². The van der Waals surface area contributed by atoms with Crippen LogP contribution in [0.1, 0.15) is 59.8 Å². The molecule has 3 rings (SSSR count). The molecule has 1 aromatic rings. The first-order valence-electron chi connectivity index (χ1n) is 9.77. The molecule has 2 N–H and O–H groups in total. The first kappa shape index (κ1) is 18.1. The van der Waals surface area contributed by atoms with Crippen LogP contribution in [0.3, 0.4) is 0 Å². The molecular weight excluding hydrogens is 312 g/mol. The zero-order valence-corrected chi connectivity index (χ0v) is 16.0. The largest absolute Gasteiger partial charge is 0.462 e. The Bertz CT molecular complexity index is 589. The van der Waals surface area contributed by atoms with Gasteiger partial charge in [-0.3, -0.25) is 4.79 Å². The molecule has 1 aliphatic carbocycles. The van der Waals surface area contributed by atoms with Crippen molar-refractivity contribution >= 4 is 17.3 Å². The van der Waals surface area contributed by atoms with Crippen molar-refractivity contribution in [3.05, 3.63) is 24.3 Å². The van der Waals surface area contributed by atoms with Gasteiger partial charge in [-0.1, -0.05) is 46.2 Å². The molecule has 1 heterocycles. The number of benzene rings is 1. The molecule has 0 aromatic heterocycles. The molecule has 138 valence electrons. The SMILES string of the molecule is CCC1(CC(=O)OC2CC(C)CCC2C(C)C)Nc2ccccc2N1. The van der Waals surface area contributed by atoms with Crippen molar-refractivity contribution in [2.24, 2.45) is 17.8 Å². The monoisotopic (exact) mass is 344 g/mol. The fourth-order valence-corrected chi connectivity index (χ4v) is 4.35. The van der Waals surface area contributed by atoms with E-state index in [1.165, 1.54) is 6.42 Å². The standard InChI is InChI=1S/C21H32N2O2/c1-5-21(22-17-8-6-7-9-18(17)23-21)13-20(24)25-19-12-15(4)10-11-16(19)14(2)3/h6-9,14-16,19,22-23H,5,10-13H2,1-4H3. The molecule has 1 aromatic carbocycles. The van der Waals surface area contributed by atoms with Crippen LogP contribution < -0.4 is 10.6 Å². The third kappa shape index (κ3) is 3.94. The average Bonchev–Trinajstić information content (AvgIpc) is 2.93. The fourth-order valence-electron chi connectivity index (χ4n) is 4.35. The zero-order chi connectivity index (χ0) is 18.0. The van der Waals surface area contributed by atoms with Crippen LogP contribution in [0.15, 0.2) is 24.3 Å². The lowest BCUT2D eigenvalue weighted by molar-refractivity contribution is -0.156. The van der Waals surface area contributed by atoms with Crippen molar-refractivity contribution in [3.8, 4) is 0 Å². The van der Waals surface area contributed by atoms with Gasteiger partial charge in [0.15, 0.2) is 0 Å². The van der Waals surface area contributed by atoms with Crippen molar-refractivity contribution < 1.29 is 9.53 Å². The minimum absolute atomic E-state index is 0.0638. The predicted octanol–water partition coefficient (Wildman–Crippen LogP) is 5.02. The number of carbonyl (C=O) groups excluding carboxylic acids is 1. The van der Waals surface area contributed by atoms with Crippen LogP contribution in [0, 0.1) is 17.8 Å². The number of carbonyl (C=O) groups is 1. The van der Waals surface area contributed by atoms with Crippen molar-refractivity contribution in [1.29, 1.82) is 0 Å². The van der Waals surface area contributed by atoms with E-state index < -0.39 is 5.66 Å². The fraction of sp³-hybridized carbons (Fsp3) is 0.667. The maximum atomic E-state index is 12.8. The molecule has 25 heavy (non-hydrogen) atoms. The zero-order valence-electron chi connectivity index (χ0n) is 16.0. The van der Waals surface area contributed by atoms with Gasteiger partial charge < -0.3 is 15.4 Å². The Morgan fingerprint density at radius 2 is 1.88 bits per heavy atom. The van der Waals surface area contributed by atoms with Gasteiger partial charge in [-0.05, 0) is 49.1 Å². The summed E-state index contributed by atoms with van der Waals surface area (Å²) in [6.07, 6.45) is 4.62. The lowest BCUT2D eigenvalue weighted by Crippen LogP contribution is -2.45. The average molecular weight is 344 g/mol. The highest BCUT2D eigenvalue weighted by molar-refractivity contribution is 5.80. The van der Waals surface area contributed by atoms with Gasteiger partial charge in [-0.25, -0.2) is 0 Å². The minimum atomic E-state index is -0.436. The molecule has 3 atom stereocenters. The van der Waals surface area contributed by atoms with E-state index in [1.807, 2.05) is 24.3 Å². The van der Waals surface area contributed by atoms with Gasteiger partial charge in [-0.15, -0.1) is 0 Å². The van der Waals surface area contributed by atoms with Gasteiger partial charge >= 0.3 is 5.97 Å². The van der Waals surface area contributed by atoms with Crippen LogP contribution >= 0.6 is 0 Å². The lowest BCUT2D eigenvalue weighted by atomic mass is 9.75. The van der Waals surface area contributed by atoms with E-state index in [-0.39, 0.29) is 12.1 Å². The van der Waals surface area contributed by atoms with Crippen LogP contribution in [0.5, 0.6) is 0 Å². The smallest absolute Gasteiger partial charge is 0.310 e. The molecule has 2 aliphatic rings. The van der Waals surface area contributed by atoms with Gasteiger partial charge in [-0.2, -0.15) is 0 Å². The number of fused-ring (bicyclic) bond motifs is 1. The van der Waals surface area contributed by atoms with E-state index in [0.29, 0.717) is 24.2 Å². The summed E-state index contributed by atoms with van der Waals surface area (Å²) in [6.45, 7) is 8.85. The molecule has 1 fully saturated rings. The molecule has 0 bridgehead atoms. The molecule has 1 aliphatic heterocycles. The minimum Gasteiger partial charge on any atom is -0.462 e. The molecule has 3 unspecified atom stereocenters. The summed E-state index contributed by atoms with van der Waals surface area (Å²) in [5, 5.41) is 6.99. The Labute approximate surface area is 151 Å². The number of hydrogen-bond donors (Lipinski definition) is 2. The number of ether oxygens (including phenoxy) is 1. The first-order valence-corrected chi connectivity index (χ1v) is 9.77. The van der Waals surface area contributed by atoms with Crippen molar-refractivity contribution in [2.75, 3.05) is 10.6 Å². The Kier molecular flexibility index (Phi) is 5.26. The summed E-state index contributed by atoms with van der Waals surface area (Å²) in [4.78, 5) is 12.8. The maximum absolute atomic E-state index is 12.8. The van der Waals surface area contributed by atoms with Crippen LogP contribution in [-0.2, 0) is 9.53 Å². The second-order valence-corrected chi connectivity index (χ2v) is 8.26. The van der Waals surface area contributed by atoms with Crippen molar-refractivity contribution in [1.82, 2.24) is 0 Å². The molecule has 4 nitrogen and oxygen atoms in total. The van der Waals surface area contributed by atoms with Crippen LogP contribution in [0.25, 0.3) is 0 Å². The van der Waals surface area contributed by atoms with Crippen LogP contribution in [-0.4, -0.2) is 17.7 Å². The number of anilines is 2. The highest BCUT2D eigenvalue weighted by Crippen LogP contribution is 2.39. The Morgan fingerprint density at radius 1 is 1.24 bits per heavy atom. The molecule has 0 amide bonds. The molecule has 0 radical (unpaired) electrons. The summed E-state index contributed by atoms with van der Waals surface area (Å²) in [5.41, 5.74) is 1.68. The van der Waals surface area contributed by atoms with Gasteiger partial charge in [0.25, 0.3) is 0 Å². The molecule has 4 heteroatoms. The van der Waals surface area contributed by atoms with E-state index in [0.717, 1.165) is 30.6 Å². The van der Waals surface area contributed by atoms with Crippen molar-refractivity contribution in [2.45, 2.75) is 71.6 Å². The number of hydrogen-bond acceptors (Lipinski definition) is 4. The topological polar surface area (TPSA) is 50.4 Å². The van der Waals surface area contributed by atoms with Gasteiger partial charge in [0.2, 0.25) is 0 Å². The third-order valence-electron chi connectivity index (χ3n) is 5.97. The van der Waals surface area contributed by atoms with E-state index in [4.69, 9.17) is 4.74 Å². The third-order valence-corrected chi connectivity index (χ3v) is 5.97. The number of esters is 1. The number of rotatable bonds is 5. The summed E-state index contributed by atoms with van der Waals surface area (Å²) in [6, 6.07) is 8.10. The Hall–Kier alpha value is -1.71. The first-order chi connectivity index (χ1) is 11.9. The maximum Gasteiger partial charge on any atom is 0.310 e. The Morgan fingerprint density at radius 3 is 2.44 bits per heavy atom. The molecule has 0 saturated heterocycles. The quantitative estimate of drug-likeness (QED) is 0.736. The molecule has 1 saturated carbocycles. The summed E-state index contributed by atoms with van der Waals surface area (Å²) < 4.78 is 6.00. The number of para-hydroxylation sites is 2. The van der Waals surface area contributed by atoms with Gasteiger partial charge in [0.05, 0.1) is 17.8 Å². The normalized spacial score (nSPS) is 27.3. The van der Waals surface area contributed by atoms with Crippen LogP contribution in [0.4, 0.5) is 11.4 Å². The van der Waals surface area contributed by atoms with E-state index in [2.05, 4.69) is 38.3 Å². The van der Waals surface area contributed by atoms with Crippen molar-refractivity contribution in [3.63, 3.8) is 0 Å². The summed E-state index contributed by atoms with van der Waals surface area (Å²) in [7, 11) is 0. The highest BCUT2D eigenvalue weighted by atomic mass is 16.5. The predicted molar refractivity (Wildman–Crippen MR) is 103 cm³/mol. The second-order valence-electron chi connectivity index (χ2n) is 8.26. The Balaban J connectivity index is 1.65. The molecular formula is C21H32N2O2. The lowest BCUT2D eigenvalue weighted by Gasteiger charge is -2.37. The van der Waals surface area contributed by atoms with E-state index in [1.54, 1.807) is 0 Å². The summed E-state index contributed by atoms with van der Waals surface area (Å²) in [5.74, 6) is 1.58. The second kappa shape index (κ2) is 7.27. The van der Waals surface area contributed by atoms with E-state index >= 15 is 0 Å². The number of nitrogens with one attached hydrogen (secondary N) is 2. The van der Waals surface area contributed by atoms with Gasteiger partial charge in [0, 0.05) is 0 Å². The van der Waals surface area contributed by atoms with Gasteiger partial charge in [0.1, 0.15) is 11.8 Å². The highest BCUT2D eigenvalue weighted by Gasteiger charge is 2.39. The molecule has 0 spiro atoms.